The van der Waals surface area contributed by atoms with Gasteiger partial charge in [-0.15, -0.1) is 0 Å². The van der Waals surface area contributed by atoms with Crippen LogP contribution in [0.2, 0.25) is 0 Å². The van der Waals surface area contributed by atoms with Crippen LogP contribution >= 0.6 is 0 Å². The number of rotatable bonds is 2. The van der Waals surface area contributed by atoms with Gasteiger partial charge in [-0.25, -0.2) is 0 Å². The Kier molecular flexibility index (Phi) is 3.71. The molecule has 0 bridgehead atoms. The first-order valence-corrected chi connectivity index (χ1v) is 2.61. The van der Waals surface area contributed by atoms with Crippen LogP contribution in [-0.2, 0) is 0 Å². The maximum atomic E-state index is 3.08. The predicted molar refractivity (Wildman–Crippen MR) is 33.3 cm³/mol. The van der Waals surface area contributed by atoms with Gasteiger partial charge in [0.1, 0.15) is 0 Å². The van der Waals surface area contributed by atoms with E-state index in [1.54, 1.807) is 0 Å². The average molecular weight is 99.2 g/mol. The van der Waals surface area contributed by atoms with Crippen molar-refractivity contribution in [1.82, 2.24) is 5.32 Å². The maximum Gasteiger partial charge on any atom is 0.0218 e. The number of allylic oxidation sites excluding steroid dienone is 1. The third kappa shape index (κ3) is 3.53. The van der Waals surface area contributed by atoms with E-state index in [2.05, 4.69) is 18.3 Å². The molecule has 1 atom stereocenters. The van der Waals surface area contributed by atoms with Gasteiger partial charge in [-0.2, -0.15) is 0 Å². The Labute approximate surface area is 45.4 Å². The maximum absolute atomic E-state index is 3.08. The van der Waals surface area contributed by atoms with E-state index in [9.17, 15) is 0 Å². The minimum atomic E-state index is 0.519. The van der Waals surface area contributed by atoms with Gasteiger partial charge in [-0.3, -0.25) is 0 Å². The highest BCUT2D eigenvalue weighted by Crippen LogP contribution is 1.79. The SMILES string of the molecule is C/C=C\C(C)NC. The van der Waals surface area contributed by atoms with Crippen molar-refractivity contribution in [3.05, 3.63) is 12.2 Å². The molecular formula is C6H13N. The minimum Gasteiger partial charge on any atom is -0.314 e. The topological polar surface area (TPSA) is 12.0 Å². The Bertz CT molecular complexity index is 57.2. The molecule has 0 amide bonds. The Morgan fingerprint density at radius 2 is 2.14 bits per heavy atom. The largest absolute Gasteiger partial charge is 0.314 e. The van der Waals surface area contributed by atoms with Crippen molar-refractivity contribution in [2.45, 2.75) is 19.9 Å². The molecule has 0 aromatic rings. The lowest BCUT2D eigenvalue weighted by molar-refractivity contribution is 0.728. The van der Waals surface area contributed by atoms with E-state index in [4.69, 9.17) is 0 Å². The Hall–Kier alpha value is -0.300. The molecule has 0 rings (SSSR count). The fourth-order valence-corrected chi connectivity index (χ4v) is 0.385. The number of hydrogen-bond acceptors (Lipinski definition) is 1. The lowest BCUT2D eigenvalue weighted by Crippen LogP contribution is -2.17. The highest BCUT2D eigenvalue weighted by atomic mass is 14.8. The summed E-state index contributed by atoms with van der Waals surface area (Å²) in [5, 5.41) is 3.08. The van der Waals surface area contributed by atoms with Crippen molar-refractivity contribution in [3.63, 3.8) is 0 Å². The second kappa shape index (κ2) is 3.88. The van der Waals surface area contributed by atoms with E-state index >= 15 is 0 Å². The van der Waals surface area contributed by atoms with Crippen LogP contribution in [0, 0.1) is 0 Å². The van der Waals surface area contributed by atoms with Crippen LogP contribution in [0.4, 0.5) is 0 Å². The van der Waals surface area contributed by atoms with E-state index in [-0.39, 0.29) is 0 Å². The van der Waals surface area contributed by atoms with Crippen molar-refractivity contribution < 1.29 is 0 Å². The zero-order valence-corrected chi connectivity index (χ0v) is 5.23. The summed E-state index contributed by atoms with van der Waals surface area (Å²) < 4.78 is 0. The third-order valence-electron chi connectivity index (χ3n) is 0.936. The lowest BCUT2D eigenvalue weighted by Gasteiger charge is -1.99. The average Bonchev–Trinajstić information content (AvgIpc) is 1.68. The molecule has 0 heterocycles. The molecule has 0 saturated heterocycles. The van der Waals surface area contributed by atoms with Gasteiger partial charge in [0.15, 0.2) is 0 Å². The van der Waals surface area contributed by atoms with Crippen molar-refractivity contribution in [3.8, 4) is 0 Å². The van der Waals surface area contributed by atoms with Crippen molar-refractivity contribution in [2.75, 3.05) is 7.05 Å². The molecule has 0 aliphatic heterocycles. The van der Waals surface area contributed by atoms with Gasteiger partial charge >= 0.3 is 0 Å². The first-order chi connectivity index (χ1) is 3.31. The molecule has 1 nitrogen and oxygen atoms in total. The number of nitrogens with one attached hydrogen (secondary N) is 1. The van der Waals surface area contributed by atoms with Gasteiger partial charge in [0.25, 0.3) is 0 Å². The van der Waals surface area contributed by atoms with Crippen LogP contribution in [0.1, 0.15) is 13.8 Å². The molecule has 0 aromatic carbocycles. The van der Waals surface area contributed by atoms with E-state index in [0.29, 0.717) is 6.04 Å². The number of hydrogen-bond donors (Lipinski definition) is 1. The summed E-state index contributed by atoms with van der Waals surface area (Å²) in [6, 6.07) is 0.519. The summed E-state index contributed by atoms with van der Waals surface area (Å²) in [5.74, 6) is 0. The standard InChI is InChI=1S/C6H13N/c1-4-5-6(2)7-3/h4-7H,1-3H3/b5-4-. The highest BCUT2D eigenvalue weighted by molar-refractivity contribution is 4.86. The van der Waals surface area contributed by atoms with Crippen molar-refractivity contribution >= 4 is 0 Å². The fraction of sp³-hybridized carbons (Fsp3) is 0.667. The lowest BCUT2D eigenvalue weighted by atomic mass is 10.3. The fourth-order valence-electron chi connectivity index (χ4n) is 0.385. The minimum absolute atomic E-state index is 0.519. The normalized spacial score (nSPS) is 15.3. The Balaban J connectivity index is 3.16. The second-order valence-corrected chi connectivity index (χ2v) is 1.60. The first-order valence-electron chi connectivity index (χ1n) is 2.61. The molecule has 0 aliphatic rings. The first kappa shape index (κ1) is 6.70. The molecule has 0 saturated carbocycles. The van der Waals surface area contributed by atoms with Gasteiger partial charge in [0, 0.05) is 6.04 Å². The van der Waals surface area contributed by atoms with Crippen LogP contribution in [-0.4, -0.2) is 13.1 Å². The molecule has 0 aliphatic carbocycles. The second-order valence-electron chi connectivity index (χ2n) is 1.60. The van der Waals surface area contributed by atoms with E-state index < -0.39 is 0 Å². The third-order valence-corrected chi connectivity index (χ3v) is 0.936. The van der Waals surface area contributed by atoms with E-state index in [1.807, 2.05) is 20.0 Å². The summed E-state index contributed by atoms with van der Waals surface area (Å²) in [5.41, 5.74) is 0. The Morgan fingerprint density at radius 3 is 2.29 bits per heavy atom. The summed E-state index contributed by atoms with van der Waals surface area (Å²) in [4.78, 5) is 0. The van der Waals surface area contributed by atoms with Crippen LogP contribution in [0.3, 0.4) is 0 Å². The summed E-state index contributed by atoms with van der Waals surface area (Å²) in [6.45, 7) is 4.13. The zero-order chi connectivity index (χ0) is 5.70. The van der Waals surface area contributed by atoms with E-state index in [1.165, 1.54) is 0 Å². The smallest absolute Gasteiger partial charge is 0.0218 e. The van der Waals surface area contributed by atoms with Crippen molar-refractivity contribution in [2.24, 2.45) is 0 Å². The van der Waals surface area contributed by atoms with Gasteiger partial charge in [0.05, 0.1) is 0 Å². The van der Waals surface area contributed by atoms with Crippen LogP contribution in [0.5, 0.6) is 0 Å². The molecular weight excluding hydrogens is 86.1 g/mol. The van der Waals surface area contributed by atoms with Crippen LogP contribution in [0.15, 0.2) is 12.2 Å². The molecule has 1 heteroatoms. The van der Waals surface area contributed by atoms with Gasteiger partial charge < -0.3 is 5.32 Å². The molecule has 0 radical (unpaired) electrons. The molecule has 1 unspecified atom stereocenters. The van der Waals surface area contributed by atoms with Crippen LogP contribution < -0.4 is 5.32 Å². The van der Waals surface area contributed by atoms with Crippen LogP contribution in [0.25, 0.3) is 0 Å². The summed E-state index contributed by atoms with van der Waals surface area (Å²) in [7, 11) is 1.95. The Morgan fingerprint density at radius 1 is 1.57 bits per heavy atom. The highest BCUT2D eigenvalue weighted by Gasteiger charge is 1.83. The predicted octanol–water partition coefficient (Wildman–Crippen LogP) is 1.17. The molecule has 7 heavy (non-hydrogen) atoms. The van der Waals surface area contributed by atoms with Crippen molar-refractivity contribution in [1.29, 1.82) is 0 Å². The summed E-state index contributed by atoms with van der Waals surface area (Å²) in [6.07, 6.45) is 4.15. The molecule has 0 fully saturated rings. The molecule has 42 valence electrons. The van der Waals surface area contributed by atoms with Gasteiger partial charge in [-0.05, 0) is 20.9 Å². The van der Waals surface area contributed by atoms with Gasteiger partial charge in [-0.1, -0.05) is 12.2 Å². The number of likely N-dealkylation sites (N-methyl/N-ethyl adjacent to an activating group) is 1. The summed E-state index contributed by atoms with van der Waals surface area (Å²) >= 11 is 0. The molecule has 0 spiro atoms. The quantitative estimate of drug-likeness (QED) is 0.512. The van der Waals surface area contributed by atoms with E-state index in [0.717, 1.165) is 0 Å². The van der Waals surface area contributed by atoms with Gasteiger partial charge in [0.2, 0.25) is 0 Å². The molecule has 1 N–H and O–H groups in total. The monoisotopic (exact) mass is 99.1 g/mol. The molecule has 0 aromatic heterocycles. The zero-order valence-electron chi connectivity index (χ0n) is 5.23.